The van der Waals surface area contributed by atoms with E-state index in [1.807, 2.05) is 24.3 Å². The van der Waals surface area contributed by atoms with Crippen molar-refractivity contribution in [3.8, 4) is 0 Å². The number of rotatable bonds is 11. The molecule has 0 radical (unpaired) electrons. The van der Waals surface area contributed by atoms with Crippen LogP contribution in [0, 0.1) is 0 Å². The lowest BCUT2D eigenvalue weighted by molar-refractivity contribution is -0.142. The second kappa shape index (κ2) is 22.9. The number of aromatic nitrogens is 3. The smallest absolute Gasteiger partial charge is 0.326 e. The molecule has 2 aromatic heterocycles. The van der Waals surface area contributed by atoms with Crippen molar-refractivity contribution in [3.05, 3.63) is 90.1 Å². The molecule has 0 saturated carbocycles. The fourth-order valence-corrected chi connectivity index (χ4v) is 7.02. The number of H-pyrrole nitrogens is 2. The minimum absolute atomic E-state index is 0.00913. The Morgan fingerprint density at radius 3 is 2.08 bits per heavy atom. The Balaban J connectivity index is 1.49. The van der Waals surface area contributed by atoms with Crippen LogP contribution in [-0.4, -0.2) is 111 Å². The number of carbonyl (C=O) groups excluding carboxylic acids is 6. The number of nitrogens with two attached hydrogens (primary N) is 2. The number of aromatic amines is 2. The van der Waals surface area contributed by atoms with Crippen molar-refractivity contribution in [2.45, 2.75) is 94.4 Å². The van der Waals surface area contributed by atoms with Gasteiger partial charge in [0.2, 0.25) is 35.4 Å². The third-order valence-corrected chi connectivity index (χ3v) is 10.3. The summed E-state index contributed by atoms with van der Waals surface area (Å²) in [5.41, 5.74) is 13.7. The summed E-state index contributed by atoms with van der Waals surface area (Å²) >= 11 is 0. The van der Waals surface area contributed by atoms with E-state index in [1.165, 1.54) is 12.5 Å². The van der Waals surface area contributed by atoms with Crippen LogP contribution in [0.1, 0.15) is 61.8 Å². The Morgan fingerprint density at radius 2 is 1.37 bits per heavy atom. The number of benzene rings is 2. The van der Waals surface area contributed by atoms with Crippen LogP contribution in [0.4, 0.5) is 0 Å². The van der Waals surface area contributed by atoms with E-state index in [-0.39, 0.29) is 70.4 Å². The lowest BCUT2D eigenvalue weighted by atomic mass is 10.0. The van der Waals surface area contributed by atoms with Crippen LogP contribution in [0.2, 0.25) is 0 Å². The van der Waals surface area contributed by atoms with Crippen LogP contribution in [0.25, 0.3) is 10.9 Å². The van der Waals surface area contributed by atoms with Gasteiger partial charge in [0.1, 0.15) is 30.2 Å². The third kappa shape index (κ3) is 14.2. The number of hydrogen-bond acceptors (Lipinski definition) is 9. The maximum Gasteiger partial charge on any atom is 0.326 e. The van der Waals surface area contributed by atoms with Crippen LogP contribution in [0.15, 0.2) is 78.3 Å². The largest absolute Gasteiger partial charge is 0.480 e. The average molecular weight is 855 g/mol. The van der Waals surface area contributed by atoms with Gasteiger partial charge in [-0.3, -0.25) is 33.8 Å². The molecule has 6 amide bonds. The lowest BCUT2D eigenvalue weighted by Crippen LogP contribution is -2.59. The van der Waals surface area contributed by atoms with E-state index in [9.17, 15) is 38.7 Å². The zero-order chi connectivity index (χ0) is 44.4. The Bertz CT molecular complexity index is 2190. The first-order valence-corrected chi connectivity index (χ1v) is 20.5. The van der Waals surface area contributed by atoms with E-state index < -0.39 is 71.6 Å². The number of imidazole rings is 1. The van der Waals surface area contributed by atoms with Gasteiger partial charge in [0, 0.05) is 74.2 Å². The number of amides is 6. The molecule has 0 spiro atoms. The van der Waals surface area contributed by atoms with Gasteiger partial charge in [-0.05, 0) is 49.3 Å². The number of nitrogens with zero attached hydrogens (tertiary/aromatic N) is 2. The molecule has 20 nitrogen and oxygen atoms in total. The molecule has 1 fully saturated rings. The second-order valence-corrected chi connectivity index (χ2v) is 15.0. The summed E-state index contributed by atoms with van der Waals surface area (Å²) in [6.45, 7) is 0.279. The summed E-state index contributed by atoms with van der Waals surface area (Å²) in [6.07, 6.45) is 4.93. The number of hydrogen-bond donors (Lipinski definition) is 11. The minimum atomic E-state index is -1.34. The van der Waals surface area contributed by atoms with E-state index >= 15 is 0 Å². The van der Waals surface area contributed by atoms with E-state index in [0.717, 1.165) is 10.9 Å². The van der Waals surface area contributed by atoms with E-state index in [4.69, 9.17) is 11.5 Å². The Hall–Kier alpha value is -7.25. The maximum atomic E-state index is 14.4. The zero-order valence-electron chi connectivity index (χ0n) is 34.2. The number of carbonyl (C=O) groups is 7. The molecule has 1 aliphatic rings. The van der Waals surface area contributed by atoms with Gasteiger partial charge in [0.25, 0.3) is 0 Å². The first-order chi connectivity index (χ1) is 29.9. The molecule has 0 aliphatic carbocycles. The highest BCUT2D eigenvalue weighted by molar-refractivity contribution is 5.97. The van der Waals surface area contributed by atoms with Crippen LogP contribution >= 0.6 is 0 Å². The standard InChI is InChI=1S/C42H54N12O8/c43-42(44)47-18-8-14-30-37(57)54-33(20-26-22-48-29-12-5-4-11-28(26)29)39(59)52-31(41(61)62)13-6-7-17-46-35(55)15-16-36(56)50-34(21-27-23-45-24-49-27)40(60)53-32(38(58)51-30)19-25-9-2-1-3-10-25/h1-5,9-12,22-24,30-34,48H,6-8,13-21H2,(H,45,49)(H,46,55)(H,50,56)(H,51,58)(H,52,59)(H,53,60)(H,54,57)(H,61,62)(H4,43,44,47)/t30-,31-,32+,33-,34-/m0/s1. The predicted octanol–water partition coefficient (Wildman–Crippen LogP) is -0.439. The van der Waals surface area contributed by atoms with Crippen LogP contribution in [-0.2, 0) is 52.8 Å². The van der Waals surface area contributed by atoms with Gasteiger partial charge in [-0.2, -0.15) is 0 Å². The number of carboxylic acid groups (broad SMARTS) is 1. The summed E-state index contributed by atoms with van der Waals surface area (Å²) in [7, 11) is 0. The molecule has 20 heteroatoms. The highest BCUT2D eigenvalue weighted by atomic mass is 16.4. The van der Waals surface area contributed by atoms with Gasteiger partial charge in [-0.1, -0.05) is 48.5 Å². The van der Waals surface area contributed by atoms with E-state index in [2.05, 4.69) is 51.8 Å². The van der Waals surface area contributed by atoms with Gasteiger partial charge < -0.3 is 58.4 Å². The molecule has 0 bridgehead atoms. The summed E-state index contributed by atoms with van der Waals surface area (Å²) in [5, 5.41) is 27.1. The normalized spacial score (nSPS) is 21.6. The summed E-state index contributed by atoms with van der Waals surface area (Å²) < 4.78 is 0. The molecule has 330 valence electrons. The molecule has 5 rings (SSSR count). The van der Waals surface area contributed by atoms with Gasteiger partial charge in [0.15, 0.2) is 5.96 Å². The summed E-state index contributed by atoms with van der Waals surface area (Å²) in [4.78, 5) is 109. The van der Waals surface area contributed by atoms with Crippen molar-refractivity contribution in [3.63, 3.8) is 0 Å². The molecule has 13 N–H and O–H groups in total. The highest BCUT2D eigenvalue weighted by Crippen LogP contribution is 2.20. The van der Waals surface area contributed by atoms with Gasteiger partial charge in [0.05, 0.1) is 6.33 Å². The molecule has 3 heterocycles. The number of guanidine groups is 1. The third-order valence-electron chi connectivity index (χ3n) is 10.3. The van der Waals surface area contributed by atoms with Crippen molar-refractivity contribution < 1.29 is 38.7 Å². The SMILES string of the molecule is NC(N)=NCCC[C@@H]1NC(=O)[C@@H](Cc2ccccc2)NC(=O)[C@H](Cc2cnc[nH]2)NC(=O)CCC(=O)NCCCC[C@@H](C(=O)O)NC(=O)[C@H](Cc2c[nH]c3ccccc23)NC1=O. The van der Waals surface area contributed by atoms with Crippen LogP contribution in [0.5, 0.6) is 0 Å². The second-order valence-electron chi connectivity index (χ2n) is 15.0. The van der Waals surface area contributed by atoms with Crippen molar-refractivity contribution in [1.29, 1.82) is 0 Å². The lowest BCUT2D eigenvalue weighted by Gasteiger charge is -2.27. The molecular weight excluding hydrogens is 801 g/mol. The summed E-state index contributed by atoms with van der Waals surface area (Å²) in [6, 6.07) is 9.75. The molecule has 4 aromatic rings. The molecular formula is C42H54N12O8. The monoisotopic (exact) mass is 854 g/mol. The Labute approximate surface area is 357 Å². The number of fused-ring (bicyclic) bond motifs is 1. The molecule has 62 heavy (non-hydrogen) atoms. The zero-order valence-corrected chi connectivity index (χ0v) is 34.2. The van der Waals surface area contributed by atoms with Crippen molar-refractivity contribution >= 4 is 58.3 Å². The van der Waals surface area contributed by atoms with Gasteiger partial charge in [-0.15, -0.1) is 0 Å². The minimum Gasteiger partial charge on any atom is -0.480 e. The van der Waals surface area contributed by atoms with Gasteiger partial charge >= 0.3 is 5.97 Å². The van der Waals surface area contributed by atoms with E-state index in [1.54, 1.807) is 36.5 Å². The Kier molecular flexibility index (Phi) is 17.0. The molecule has 1 saturated heterocycles. The summed E-state index contributed by atoms with van der Waals surface area (Å²) in [5.74, 6) is -5.51. The molecule has 5 atom stereocenters. The highest BCUT2D eigenvalue weighted by Gasteiger charge is 2.33. The van der Waals surface area contributed by atoms with Crippen LogP contribution < -0.4 is 43.4 Å². The molecule has 0 unspecified atom stereocenters. The van der Waals surface area contributed by atoms with E-state index in [0.29, 0.717) is 29.7 Å². The maximum absolute atomic E-state index is 14.4. The molecule has 1 aliphatic heterocycles. The molecule has 2 aromatic carbocycles. The topological polar surface area (TPSA) is 321 Å². The Morgan fingerprint density at radius 1 is 0.726 bits per heavy atom. The van der Waals surface area contributed by atoms with Crippen molar-refractivity contribution in [2.75, 3.05) is 13.1 Å². The number of aliphatic imine (C=N–C) groups is 1. The quantitative estimate of drug-likeness (QED) is 0.0522. The number of carboxylic acids is 1. The number of aliphatic carboxylic acids is 1. The van der Waals surface area contributed by atoms with Crippen molar-refractivity contribution in [1.82, 2.24) is 46.9 Å². The van der Waals surface area contributed by atoms with Crippen molar-refractivity contribution in [2.24, 2.45) is 16.5 Å². The first kappa shape index (κ1) is 45.8. The fourth-order valence-electron chi connectivity index (χ4n) is 7.02. The first-order valence-electron chi connectivity index (χ1n) is 20.5. The van der Waals surface area contributed by atoms with Crippen LogP contribution in [0.3, 0.4) is 0 Å². The average Bonchev–Trinajstić information content (AvgIpc) is 3.92. The number of para-hydroxylation sites is 1. The number of nitrogens with one attached hydrogen (secondary N) is 8. The fraction of sp³-hybridized carbons (Fsp3) is 0.405. The van der Waals surface area contributed by atoms with Gasteiger partial charge in [-0.25, -0.2) is 9.78 Å². The predicted molar refractivity (Wildman–Crippen MR) is 228 cm³/mol.